The van der Waals surface area contributed by atoms with E-state index in [1.807, 2.05) is 0 Å². The van der Waals surface area contributed by atoms with Crippen LogP contribution in [0.4, 0.5) is 11.5 Å². The molecule has 88 valence electrons. The van der Waals surface area contributed by atoms with Gasteiger partial charge in [0, 0.05) is 24.9 Å². The first-order valence-corrected chi connectivity index (χ1v) is 5.15. The number of aromatic nitrogens is 1. The molecule has 0 bridgehead atoms. The van der Waals surface area contributed by atoms with Gasteiger partial charge in [0.05, 0.1) is 4.92 Å². The van der Waals surface area contributed by atoms with Gasteiger partial charge in [-0.3, -0.25) is 19.8 Å². The van der Waals surface area contributed by atoms with Gasteiger partial charge in [0.25, 0.3) is 5.69 Å². The zero-order chi connectivity index (χ0) is 12.4. The van der Waals surface area contributed by atoms with Crippen LogP contribution < -0.4 is 4.90 Å². The lowest BCUT2D eigenvalue weighted by Crippen LogP contribution is -2.25. The van der Waals surface area contributed by atoms with E-state index in [9.17, 15) is 14.9 Å². The molecule has 1 aromatic rings. The summed E-state index contributed by atoms with van der Waals surface area (Å²) in [7, 11) is 0. The number of carbonyl (C=O) groups excluding carboxylic acids is 1. The van der Waals surface area contributed by atoms with Crippen molar-refractivity contribution in [2.24, 2.45) is 5.92 Å². The van der Waals surface area contributed by atoms with Crippen LogP contribution in [0, 0.1) is 16.0 Å². The Hall–Kier alpha value is -2.24. The number of nitro groups is 1. The first-order valence-electron chi connectivity index (χ1n) is 5.15. The van der Waals surface area contributed by atoms with Gasteiger partial charge in [-0.1, -0.05) is 6.08 Å². The van der Waals surface area contributed by atoms with Crippen LogP contribution >= 0.6 is 0 Å². The van der Waals surface area contributed by atoms with Gasteiger partial charge in [-0.2, -0.15) is 0 Å². The van der Waals surface area contributed by atoms with Gasteiger partial charge in [-0.15, -0.1) is 6.58 Å². The van der Waals surface area contributed by atoms with Crippen molar-refractivity contribution in [3.63, 3.8) is 0 Å². The average molecular weight is 233 g/mol. The molecule has 2 heterocycles. The van der Waals surface area contributed by atoms with E-state index in [0.717, 1.165) is 6.20 Å². The number of hydrogen-bond donors (Lipinski definition) is 0. The molecule has 0 saturated carbocycles. The fourth-order valence-electron chi connectivity index (χ4n) is 1.76. The first-order chi connectivity index (χ1) is 8.11. The molecule has 1 aliphatic rings. The topological polar surface area (TPSA) is 76.3 Å². The Balaban J connectivity index is 2.20. The van der Waals surface area contributed by atoms with Gasteiger partial charge >= 0.3 is 0 Å². The summed E-state index contributed by atoms with van der Waals surface area (Å²) < 4.78 is 0. The van der Waals surface area contributed by atoms with Crippen LogP contribution in [0.15, 0.2) is 31.0 Å². The molecule has 1 aliphatic heterocycles. The molecular weight excluding hydrogens is 222 g/mol. The molecule has 1 unspecified atom stereocenters. The highest BCUT2D eigenvalue weighted by molar-refractivity contribution is 5.95. The van der Waals surface area contributed by atoms with E-state index in [1.54, 1.807) is 6.08 Å². The van der Waals surface area contributed by atoms with E-state index in [0.29, 0.717) is 18.8 Å². The minimum Gasteiger partial charge on any atom is -0.296 e. The second-order valence-electron chi connectivity index (χ2n) is 3.84. The smallest absolute Gasteiger partial charge is 0.287 e. The number of hydrogen-bond acceptors (Lipinski definition) is 4. The van der Waals surface area contributed by atoms with Crippen LogP contribution in [0.2, 0.25) is 0 Å². The Morgan fingerprint density at radius 2 is 2.35 bits per heavy atom. The van der Waals surface area contributed by atoms with Crippen molar-refractivity contribution in [2.75, 3.05) is 11.4 Å². The summed E-state index contributed by atoms with van der Waals surface area (Å²) in [6.07, 6.45) is 3.31. The van der Waals surface area contributed by atoms with Gasteiger partial charge < -0.3 is 0 Å². The summed E-state index contributed by atoms with van der Waals surface area (Å²) in [6, 6.07) is 2.83. The van der Waals surface area contributed by atoms with Crippen molar-refractivity contribution >= 4 is 17.4 Å². The van der Waals surface area contributed by atoms with Crippen LogP contribution in [0.25, 0.3) is 0 Å². The molecule has 17 heavy (non-hydrogen) atoms. The summed E-state index contributed by atoms with van der Waals surface area (Å²) in [4.78, 5) is 27.1. The fourth-order valence-corrected chi connectivity index (χ4v) is 1.76. The molecule has 0 spiro atoms. The summed E-state index contributed by atoms with van der Waals surface area (Å²) in [5.41, 5.74) is -0.0827. The maximum atomic E-state index is 11.7. The highest BCUT2D eigenvalue weighted by Gasteiger charge is 2.29. The lowest BCUT2D eigenvalue weighted by atomic mass is 10.1. The minimum absolute atomic E-state index is 0.0312. The molecule has 1 fully saturated rings. The molecule has 6 nitrogen and oxygen atoms in total. The second kappa shape index (κ2) is 4.32. The number of rotatable bonds is 3. The molecule has 0 radical (unpaired) electrons. The quantitative estimate of drug-likeness (QED) is 0.450. The van der Waals surface area contributed by atoms with Crippen LogP contribution in [0.1, 0.15) is 6.42 Å². The van der Waals surface area contributed by atoms with Gasteiger partial charge in [0.2, 0.25) is 5.91 Å². The number of carbonyl (C=O) groups is 1. The van der Waals surface area contributed by atoms with Crippen LogP contribution in [0.3, 0.4) is 0 Å². The predicted octanol–water partition coefficient (Wildman–Crippen LogP) is 1.53. The maximum Gasteiger partial charge on any atom is 0.287 e. The molecule has 1 aromatic heterocycles. The zero-order valence-electron chi connectivity index (χ0n) is 9.07. The van der Waals surface area contributed by atoms with Gasteiger partial charge in [0.1, 0.15) is 12.0 Å². The zero-order valence-corrected chi connectivity index (χ0v) is 9.07. The Morgan fingerprint density at radius 1 is 1.59 bits per heavy atom. The van der Waals surface area contributed by atoms with E-state index in [-0.39, 0.29) is 17.5 Å². The summed E-state index contributed by atoms with van der Waals surface area (Å²) >= 11 is 0. The molecule has 2 rings (SSSR count). The Kier molecular flexibility index (Phi) is 2.86. The lowest BCUT2D eigenvalue weighted by molar-refractivity contribution is -0.385. The monoisotopic (exact) mass is 233 g/mol. The first kappa shape index (κ1) is 11.3. The van der Waals surface area contributed by atoms with Gasteiger partial charge in [-0.25, -0.2) is 4.98 Å². The van der Waals surface area contributed by atoms with Crippen molar-refractivity contribution in [3.8, 4) is 0 Å². The molecule has 1 saturated heterocycles. The predicted molar refractivity (Wildman–Crippen MR) is 61.5 cm³/mol. The Bertz CT molecular complexity index is 469. The van der Waals surface area contributed by atoms with Crippen molar-refractivity contribution in [2.45, 2.75) is 6.42 Å². The number of nitrogens with zero attached hydrogens (tertiary/aromatic N) is 3. The third-order valence-electron chi connectivity index (χ3n) is 2.71. The van der Waals surface area contributed by atoms with E-state index in [2.05, 4.69) is 11.6 Å². The van der Waals surface area contributed by atoms with Crippen molar-refractivity contribution in [1.29, 1.82) is 0 Å². The summed E-state index contributed by atoms with van der Waals surface area (Å²) in [5, 5.41) is 10.5. The van der Waals surface area contributed by atoms with E-state index in [4.69, 9.17) is 0 Å². The van der Waals surface area contributed by atoms with Crippen molar-refractivity contribution in [1.82, 2.24) is 4.98 Å². The van der Waals surface area contributed by atoms with E-state index >= 15 is 0 Å². The molecule has 1 amide bonds. The van der Waals surface area contributed by atoms with Gasteiger partial charge in [0.15, 0.2) is 0 Å². The average Bonchev–Trinajstić information content (AvgIpc) is 2.71. The van der Waals surface area contributed by atoms with Crippen molar-refractivity contribution in [3.05, 3.63) is 41.1 Å². The van der Waals surface area contributed by atoms with Crippen LogP contribution in [-0.4, -0.2) is 22.4 Å². The van der Waals surface area contributed by atoms with Crippen molar-refractivity contribution < 1.29 is 9.72 Å². The second-order valence-corrected chi connectivity index (χ2v) is 3.84. The SMILES string of the molecule is C=CC1CC(=O)N(c2ccc([N+](=O)[O-])cn2)C1. The number of pyridine rings is 1. The number of anilines is 1. The standard InChI is InChI=1S/C11H11N3O3/c1-2-8-5-11(15)13(7-8)10-4-3-9(6-12-10)14(16)17/h2-4,6,8H,1,5,7H2. The molecule has 0 aromatic carbocycles. The molecule has 0 aliphatic carbocycles. The Morgan fingerprint density at radius 3 is 2.82 bits per heavy atom. The third kappa shape index (κ3) is 2.15. The largest absolute Gasteiger partial charge is 0.296 e. The molecular formula is C11H11N3O3. The highest BCUT2D eigenvalue weighted by Crippen LogP contribution is 2.24. The van der Waals surface area contributed by atoms with Crippen LogP contribution in [-0.2, 0) is 4.79 Å². The van der Waals surface area contributed by atoms with E-state index < -0.39 is 4.92 Å². The maximum absolute atomic E-state index is 11.7. The Labute approximate surface area is 97.7 Å². The minimum atomic E-state index is -0.519. The summed E-state index contributed by atoms with van der Waals surface area (Å²) in [5.74, 6) is 0.542. The fraction of sp³-hybridized carbons (Fsp3) is 0.273. The number of amides is 1. The highest BCUT2D eigenvalue weighted by atomic mass is 16.6. The van der Waals surface area contributed by atoms with Gasteiger partial charge in [-0.05, 0) is 6.07 Å². The lowest BCUT2D eigenvalue weighted by Gasteiger charge is -2.14. The van der Waals surface area contributed by atoms with Crippen LogP contribution in [0.5, 0.6) is 0 Å². The normalized spacial score (nSPS) is 19.4. The molecule has 1 atom stereocenters. The molecule has 6 heteroatoms. The molecule has 0 N–H and O–H groups in total. The summed E-state index contributed by atoms with van der Waals surface area (Å²) in [6.45, 7) is 4.19. The third-order valence-corrected chi connectivity index (χ3v) is 2.71. The van der Waals surface area contributed by atoms with E-state index in [1.165, 1.54) is 17.0 Å².